The third kappa shape index (κ3) is 3.29. The smallest absolute Gasteiger partial charge is 0.137 e. The standard InChI is InChI=1S/C13H17BrFNO2/c1-9-8-18-11(7-17)6-16(9)5-10-2-3-12(14)13(15)4-10/h2-4,9,11,17H,5-8H2,1H3. The number of aliphatic hydroxyl groups is 1. The minimum absolute atomic E-state index is 0.0257. The van der Waals surface area contributed by atoms with Gasteiger partial charge in [0.25, 0.3) is 0 Å². The number of morpholine rings is 1. The Balaban J connectivity index is 2.04. The van der Waals surface area contributed by atoms with Crippen LogP contribution in [0.25, 0.3) is 0 Å². The van der Waals surface area contributed by atoms with Crippen LogP contribution in [0.2, 0.25) is 0 Å². The molecule has 0 aliphatic carbocycles. The minimum atomic E-state index is -0.243. The highest BCUT2D eigenvalue weighted by Gasteiger charge is 2.25. The molecule has 100 valence electrons. The zero-order valence-electron chi connectivity index (χ0n) is 10.3. The van der Waals surface area contributed by atoms with E-state index in [1.54, 1.807) is 12.1 Å². The maximum Gasteiger partial charge on any atom is 0.137 e. The van der Waals surface area contributed by atoms with Gasteiger partial charge < -0.3 is 9.84 Å². The largest absolute Gasteiger partial charge is 0.394 e. The van der Waals surface area contributed by atoms with Crippen molar-refractivity contribution >= 4 is 15.9 Å². The lowest BCUT2D eigenvalue weighted by atomic mass is 10.1. The summed E-state index contributed by atoms with van der Waals surface area (Å²) in [7, 11) is 0. The molecular formula is C13H17BrFNO2. The molecule has 2 unspecified atom stereocenters. The molecule has 1 aliphatic rings. The molecule has 1 aliphatic heterocycles. The quantitative estimate of drug-likeness (QED) is 0.927. The van der Waals surface area contributed by atoms with E-state index in [1.807, 2.05) is 6.07 Å². The summed E-state index contributed by atoms with van der Waals surface area (Å²) in [4.78, 5) is 2.20. The van der Waals surface area contributed by atoms with Gasteiger partial charge in [0.1, 0.15) is 5.82 Å². The molecule has 1 aromatic carbocycles. The van der Waals surface area contributed by atoms with Gasteiger partial charge in [0.05, 0.1) is 23.8 Å². The topological polar surface area (TPSA) is 32.7 Å². The van der Waals surface area contributed by atoms with E-state index in [0.717, 1.165) is 5.56 Å². The van der Waals surface area contributed by atoms with E-state index in [9.17, 15) is 4.39 Å². The summed E-state index contributed by atoms with van der Waals surface area (Å²) in [6.45, 7) is 4.05. The summed E-state index contributed by atoms with van der Waals surface area (Å²) >= 11 is 3.15. The van der Waals surface area contributed by atoms with Gasteiger partial charge >= 0.3 is 0 Å². The van der Waals surface area contributed by atoms with Crippen molar-refractivity contribution < 1.29 is 14.2 Å². The summed E-state index contributed by atoms with van der Waals surface area (Å²) in [5.74, 6) is -0.243. The fraction of sp³-hybridized carbons (Fsp3) is 0.538. The predicted octanol–water partition coefficient (Wildman–Crippen LogP) is 2.17. The van der Waals surface area contributed by atoms with Gasteiger partial charge in [-0.15, -0.1) is 0 Å². The highest BCUT2D eigenvalue weighted by atomic mass is 79.9. The monoisotopic (exact) mass is 317 g/mol. The normalized spacial score (nSPS) is 25.3. The van der Waals surface area contributed by atoms with Crippen LogP contribution in [0.4, 0.5) is 4.39 Å². The van der Waals surface area contributed by atoms with Gasteiger partial charge in [0.2, 0.25) is 0 Å². The molecule has 1 heterocycles. The Kier molecular flexibility index (Phi) is 4.72. The van der Waals surface area contributed by atoms with Crippen LogP contribution in [0, 0.1) is 5.82 Å². The van der Waals surface area contributed by atoms with Crippen LogP contribution < -0.4 is 0 Å². The number of hydrogen-bond donors (Lipinski definition) is 1. The zero-order valence-corrected chi connectivity index (χ0v) is 11.9. The van der Waals surface area contributed by atoms with Crippen LogP contribution in [-0.4, -0.2) is 41.9 Å². The lowest BCUT2D eigenvalue weighted by Crippen LogP contribution is -2.48. The van der Waals surface area contributed by atoms with Crippen LogP contribution in [0.15, 0.2) is 22.7 Å². The Hall–Kier alpha value is -0.490. The van der Waals surface area contributed by atoms with E-state index >= 15 is 0 Å². The molecule has 5 heteroatoms. The fourth-order valence-corrected chi connectivity index (χ4v) is 2.32. The van der Waals surface area contributed by atoms with Gasteiger partial charge in [0.15, 0.2) is 0 Å². The molecule has 0 aromatic heterocycles. The molecule has 1 N–H and O–H groups in total. The van der Waals surface area contributed by atoms with Crippen molar-refractivity contribution in [1.82, 2.24) is 4.90 Å². The van der Waals surface area contributed by atoms with Crippen molar-refractivity contribution in [3.8, 4) is 0 Å². The van der Waals surface area contributed by atoms with E-state index in [1.165, 1.54) is 0 Å². The Morgan fingerprint density at radius 3 is 3.00 bits per heavy atom. The number of halogens is 2. The van der Waals surface area contributed by atoms with E-state index in [2.05, 4.69) is 27.8 Å². The summed E-state index contributed by atoms with van der Waals surface area (Å²) in [6, 6.07) is 5.45. The Morgan fingerprint density at radius 1 is 1.56 bits per heavy atom. The maximum atomic E-state index is 13.4. The first-order valence-electron chi connectivity index (χ1n) is 6.00. The SMILES string of the molecule is CC1COC(CO)CN1Cc1ccc(Br)c(F)c1. The van der Waals surface area contributed by atoms with Crippen molar-refractivity contribution in [1.29, 1.82) is 0 Å². The second kappa shape index (κ2) is 6.10. The molecule has 0 bridgehead atoms. The average molecular weight is 318 g/mol. The average Bonchev–Trinajstić information content (AvgIpc) is 2.36. The van der Waals surface area contributed by atoms with Crippen LogP contribution >= 0.6 is 15.9 Å². The van der Waals surface area contributed by atoms with Crippen LogP contribution in [0.1, 0.15) is 12.5 Å². The maximum absolute atomic E-state index is 13.4. The van der Waals surface area contributed by atoms with Crippen LogP contribution in [0.3, 0.4) is 0 Å². The number of aliphatic hydroxyl groups excluding tert-OH is 1. The van der Waals surface area contributed by atoms with Crippen molar-refractivity contribution in [2.24, 2.45) is 0 Å². The molecule has 2 rings (SSSR count). The minimum Gasteiger partial charge on any atom is -0.394 e. The lowest BCUT2D eigenvalue weighted by Gasteiger charge is -2.37. The predicted molar refractivity (Wildman–Crippen MR) is 70.8 cm³/mol. The summed E-state index contributed by atoms with van der Waals surface area (Å²) < 4.78 is 19.4. The molecule has 0 radical (unpaired) electrons. The third-order valence-corrected chi connectivity index (χ3v) is 3.85. The van der Waals surface area contributed by atoms with Gasteiger partial charge in [0, 0.05) is 19.1 Å². The first-order chi connectivity index (χ1) is 8.60. The van der Waals surface area contributed by atoms with Gasteiger partial charge in [-0.1, -0.05) is 6.07 Å². The van der Waals surface area contributed by atoms with Crippen molar-refractivity contribution in [3.05, 3.63) is 34.1 Å². The molecular weight excluding hydrogens is 301 g/mol. The van der Waals surface area contributed by atoms with E-state index in [-0.39, 0.29) is 24.6 Å². The van der Waals surface area contributed by atoms with Gasteiger partial charge in [-0.25, -0.2) is 4.39 Å². The summed E-state index contributed by atoms with van der Waals surface area (Å²) in [5.41, 5.74) is 0.932. The first kappa shape index (κ1) is 13.9. The number of benzene rings is 1. The number of nitrogens with zero attached hydrogens (tertiary/aromatic N) is 1. The van der Waals surface area contributed by atoms with E-state index in [0.29, 0.717) is 24.2 Å². The Labute approximate surface area is 115 Å². The molecule has 18 heavy (non-hydrogen) atoms. The number of ether oxygens (including phenoxy) is 1. The van der Waals surface area contributed by atoms with Gasteiger partial charge in [-0.2, -0.15) is 0 Å². The number of hydrogen-bond acceptors (Lipinski definition) is 3. The third-order valence-electron chi connectivity index (χ3n) is 3.21. The summed E-state index contributed by atoms with van der Waals surface area (Å²) in [5, 5.41) is 9.12. The molecule has 0 amide bonds. The zero-order chi connectivity index (χ0) is 13.1. The highest BCUT2D eigenvalue weighted by molar-refractivity contribution is 9.10. The van der Waals surface area contributed by atoms with Crippen LogP contribution in [0.5, 0.6) is 0 Å². The van der Waals surface area contributed by atoms with Crippen LogP contribution in [-0.2, 0) is 11.3 Å². The Morgan fingerprint density at radius 2 is 2.33 bits per heavy atom. The molecule has 1 aromatic rings. The van der Waals surface area contributed by atoms with Gasteiger partial charge in [-0.3, -0.25) is 4.90 Å². The second-order valence-corrected chi connectivity index (χ2v) is 5.52. The van der Waals surface area contributed by atoms with Gasteiger partial charge in [-0.05, 0) is 40.5 Å². The van der Waals surface area contributed by atoms with E-state index in [4.69, 9.17) is 9.84 Å². The highest BCUT2D eigenvalue weighted by Crippen LogP contribution is 2.20. The lowest BCUT2D eigenvalue weighted by molar-refractivity contribution is -0.0805. The molecule has 1 fully saturated rings. The molecule has 0 spiro atoms. The molecule has 3 nitrogen and oxygen atoms in total. The number of rotatable bonds is 3. The van der Waals surface area contributed by atoms with Crippen molar-refractivity contribution in [2.75, 3.05) is 19.8 Å². The molecule has 2 atom stereocenters. The molecule has 0 saturated carbocycles. The fourth-order valence-electron chi connectivity index (χ4n) is 2.08. The molecule has 1 saturated heterocycles. The van der Waals surface area contributed by atoms with Crippen molar-refractivity contribution in [3.63, 3.8) is 0 Å². The summed E-state index contributed by atoms with van der Waals surface area (Å²) in [6.07, 6.45) is -0.138. The second-order valence-electron chi connectivity index (χ2n) is 4.66. The van der Waals surface area contributed by atoms with Crippen molar-refractivity contribution in [2.45, 2.75) is 25.6 Å². The Bertz CT molecular complexity index is 416. The van der Waals surface area contributed by atoms with E-state index < -0.39 is 0 Å². The first-order valence-corrected chi connectivity index (χ1v) is 6.80.